The highest BCUT2D eigenvalue weighted by Crippen LogP contribution is 2.33. The highest BCUT2D eigenvalue weighted by Gasteiger charge is 2.43. The molecule has 3 rings (SSSR count). The van der Waals surface area contributed by atoms with Crippen LogP contribution in [0.5, 0.6) is 0 Å². The lowest BCUT2D eigenvalue weighted by atomic mass is 9.81. The lowest BCUT2D eigenvalue weighted by Crippen LogP contribution is -2.61. The first kappa shape index (κ1) is 17.3. The molecule has 0 unspecified atom stereocenters. The van der Waals surface area contributed by atoms with Crippen molar-refractivity contribution in [2.75, 3.05) is 19.6 Å². The van der Waals surface area contributed by atoms with E-state index in [1.165, 1.54) is 0 Å². The van der Waals surface area contributed by atoms with Crippen LogP contribution >= 0.6 is 0 Å². The fourth-order valence-corrected chi connectivity index (χ4v) is 4.33. The number of aryl methyl sites for hydroxylation is 2. The van der Waals surface area contributed by atoms with Gasteiger partial charge in [-0.25, -0.2) is 0 Å². The number of hydrogen-bond acceptors (Lipinski definition) is 4. The molecule has 2 saturated heterocycles. The maximum atomic E-state index is 13.4. The fraction of sp³-hybridized carbons (Fsp3) is 0.600. The molecule has 0 bridgehead atoms. The molecule has 0 spiro atoms. The molecule has 0 radical (unpaired) electrons. The molecule has 0 aromatic heterocycles. The second-order valence-electron chi connectivity index (χ2n) is 7.58. The zero-order valence-corrected chi connectivity index (χ0v) is 15.0. The summed E-state index contributed by atoms with van der Waals surface area (Å²) in [5.41, 5.74) is 2.82. The van der Waals surface area contributed by atoms with E-state index in [1.807, 2.05) is 32.0 Å². The topological polar surface area (TPSA) is 49.4 Å². The molecule has 2 aliphatic heterocycles. The van der Waals surface area contributed by atoms with Gasteiger partial charge in [0.2, 0.25) is 0 Å². The lowest BCUT2D eigenvalue weighted by Gasteiger charge is -2.49. The third kappa shape index (κ3) is 3.17. The zero-order chi connectivity index (χ0) is 17.3. The number of hydrogen-bond donors (Lipinski definition) is 1. The van der Waals surface area contributed by atoms with Crippen LogP contribution in [0.4, 0.5) is 0 Å². The molecular formula is C20H28N2O2. The Morgan fingerprint density at radius 1 is 1.21 bits per heavy atom. The molecule has 24 heavy (non-hydrogen) atoms. The van der Waals surface area contributed by atoms with E-state index in [1.54, 1.807) is 0 Å². The van der Waals surface area contributed by atoms with Crippen LogP contribution in [0.3, 0.4) is 0 Å². The summed E-state index contributed by atoms with van der Waals surface area (Å²) in [6.07, 6.45) is 2.98. The Labute approximate surface area is 144 Å². The quantitative estimate of drug-likeness (QED) is 0.867. The van der Waals surface area contributed by atoms with Gasteiger partial charge in [0.05, 0.1) is 6.04 Å². The Morgan fingerprint density at radius 3 is 2.46 bits per heavy atom. The molecule has 1 aromatic carbocycles. The van der Waals surface area contributed by atoms with Crippen LogP contribution in [0, 0.1) is 13.8 Å². The number of carbonyl (C=O) groups is 2. The minimum atomic E-state index is -0.311. The third-order valence-corrected chi connectivity index (χ3v) is 5.83. The van der Waals surface area contributed by atoms with Gasteiger partial charge in [-0.2, -0.15) is 0 Å². The number of ketones is 2. The molecule has 2 aliphatic rings. The van der Waals surface area contributed by atoms with Gasteiger partial charge in [0.25, 0.3) is 0 Å². The summed E-state index contributed by atoms with van der Waals surface area (Å²) in [6, 6.07) is 5.65. The fourth-order valence-electron chi connectivity index (χ4n) is 4.33. The highest BCUT2D eigenvalue weighted by molar-refractivity contribution is 6.05. The van der Waals surface area contributed by atoms with Crippen molar-refractivity contribution in [3.8, 4) is 0 Å². The summed E-state index contributed by atoms with van der Waals surface area (Å²) < 4.78 is 0. The smallest absolute Gasteiger partial charge is 0.180 e. The predicted octanol–water partition coefficient (Wildman–Crippen LogP) is 2.66. The van der Waals surface area contributed by atoms with Gasteiger partial charge in [-0.05, 0) is 57.8 Å². The van der Waals surface area contributed by atoms with Gasteiger partial charge < -0.3 is 5.32 Å². The third-order valence-electron chi connectivity index (χ3n) is 5.83. The molecule has 0 amide bonds. The minimum absolute atomic E-state index is 0.00284. The summed E-state index contributed by atoms with van der Waals surface area (Å²) in [6.45, 7) is 8.89. The largest absolute Gasteiger partial charge is 0.317 e. The zero-order valence-electron chi connectivity index (χ0n) is 15.0. The van der Waals surface area contributed by atoms with E-state index in [0.717, 1.165) is 42.6 Å². The van der Waals surface area contributed by atoms with Gasteiger partial charge in [-0.15, -0.1) is 0 Å². The monoisotopic (exact) mass is 328 g/mol. The van der Waals surface area contributed by atoms with Crippen LogP contribution in [0.1, 0.15) is 54.1 Å². The molecule has 2 fully saturated rings. The van der Waals surface area contributed by atoms with Crippen LogP contribution in [0.15, 0.2) is 18.2 Å². The van der Waals surface area contributed by atoms with Crippen LogP contribution in [-0.2, 0) is 4.79 Å². The Kier molecular flexibility index (Phi) is 4.88. The van der Waals surface area contributed by atoms with E-state index in [-0.39, 0.29) is 23.1 Å². The molecule has 0 saturated carbocycles. The average Bonchev–Trinajstić information content (AvgIpc) is 2.55. The van der Waals surface area contributed by atoms with Gasteiger partial charge in [0.15, 0.2) is 5.78 Å². The van der Waals surface area contributed by atoms with Gasteiger partial charge >= 0.3 is 0 Å². The van der Waals surface area contributed by atoms with E-state index in [4.69, 9.17) is 0 Å². The lowest BCUT2D eigenvalue weighted by molar-refractivity contribution is -0.124. The SMILES string of the molecule is Cc1cccc(C)c1C(=O)[C@H]1CC(=O)CCN1C1(C)CCNCC1. The van der Waals surface area contributed by atoms with Crippen molar-refractivity contribution < 1.29 is 9.59 Å². The molecule has 0 aliphatic carbocycles. The maximum absolute atomic E-state index is 13.4. The molecule has 2 heterocycles. The Balaban J connectivity index is 1.95. The van der Waals surface area contributed by atoms with Crippen molar-refractivity contribution in [1.82, 2.24) is 10.2 Å². The van der Waals surface area contributed by atoms with Crippen molar-refractivity contribution in [2.24, 2.45) is 0 Å². The van der Waals surface area contributed by atoms with Gasteiger partial charge in [-0.3, -0.25) is 14.5 Å². The number of piperidine rings is 2. The highest BCUT2D eigenvalue weighted by atomic mass is 16.1. The van der Waals surface area contributed by atoms with Crippen molar-refractivity contribution >= 4 is 11.6 Å². The van der Waals surface area contributed by atoms with Crippen LogP contribution in [0.25, 0.3) is 0 Å². The van der Waals surface area contributed by atoms with Gasteiger partial charge in [0, 0.05) is 30.5 Å². The molecule has 4 nitrogen and oxygen atoms in total. The first-order valence-corrected chi connectivity index (χ1v) is 9.02. The standard InChI is InChI=1S/C20H28N2O2/c1-14-5-4-6-15(2)18(14)19(24)17-13-16(23)7-12-22(17)20(3)8-10-21-11-9-20/h4-6,17,21H,7-13H2,1-3H3/t17-/m1/s1. The van der Waals surface area contributed by atoms with Crippen LogP contribution in [-0.4, -0.2) is 47.7 Å². The van der Waals surface area contributed by atoms with Crippen LogP contribution in [0.2, 0.25) is 0 Å². The van der Waals surface area contributed by atoms with E-state index >= 15 is 0 Å². The summed E-state index contributed by atoms with van der Waals surface area (Å²) >= 11 is 0. The first-order chi connectivity index (χ1) is 11.4. The number of likely N-dealkylation sites (tertiary alicyclic amines) is 1. The van der Waals surface area contributed by atoms with Crippen molar-refractivity contribution in [3.63, 3.8) is 0 Å². The summed E-state index contributed by atoms with van der Waals surface area (Å²) in [4.78, 5) is 27.8. The minimum Gasteiger partial charge on any atom is -0.317 e. The van der Waals surface area contributed by atoms with E-state index in [9.17, 15) is 9.59 Å². The average molecular weight is 328 g/mol. The molecular weight excluding hydrogens is 300 g/mol. The Morgan fingerprint density at radius 2 is 1.83 bits per heavy atom. The Bertz CT molecular complexity index is 627. The number of carbonyl (C=O) groups excluding carboxylic acids is 2. The normalized spacial score (nSPS) is 24.8. The Hall–Kier alpha value is -1.52. The second-order valence-corrected chi connectivity index (χ2v) is 7.58. The first-order valence-electron chi connectivity index (χ1n) is 9.02. The molecule has 4 heteroatoms. The number of Topliss-reactive ketones (excluding diaryl/α,β-unsaturated/α-hetero) is 2. The number of benzene rings is 1. The second kappa shape index (κ2) is 6.77. The number of rotatable bonds is 3. The van der Waals surface area contributed by atoms with Crippen molar-refractivity contribution in [1.29, 1.82) is 0 Å². The molecule has 1 N–H and O–H groups in total. The predicted molar refractivity (Wildman–Crippen MR) is 95.5 cm³/mol. The number of nitrogens with zero attached hydrogens (tertiary/aromatic N) is 1. The van der Waals surface area contributed by atoms with Gasteiger partial charge in [0.1, 0.15) is 5.78 Å². The van der Waals surface area contributed by atoms with Crippen LogP contribution < -0.4 is 5.32 Å². The van der Waals surface area contributed by atoms with Crippen molar-refractivity contribution in [2.45, 2.75) is 58.0 Å². The van der Waals surface area contributed by atoms with Crippen molar-refractivity contribution in [3.05, 3.63) is 34.9 Å². The molecule has 1 atom stereocenters. The number of nitrogens with one attached hydrogen (secondary N) is 1. The van der Waals surface area contributed by atoms with Gasteiger partial charge in [-0.1, -0.05) is 18.2 Å². The summed E-state index contributed by atoms with van der Waals surface area (Å²) in [5.74, 6) is 0.340. The maximum Gasteiger partial charge on any atom is 0.180 e. The summed E-state index contributed by atoms with van der Waals surface area (Å²) in [5, 5.41) is 3.40. The molecule has 1 aromatic rings. The van der Waals surface area contributed by atoms with E-state index in [0.29, 0.717) is 19.4 Å². The molecule has 130 valence electrons. The summed E-state index contributed by atoms with van der Waals surface area (Å²) in [7, 11) is 0. The van der Waals surface area contributed by atoms with E-state index in [2.05, 4.69) is 17.1 Å². The van der Waals surface area contributed by atoms with E-state index < -0.39 is 0 Å².